The van der Waals surface area contributed by atoms with Gasteiger partial charge in [-0.3, -0.25) is 9.59 Å². The van der Waals surface area contributed by atoms with Gasteiger partial charge in [0.1, 0.15) is 6.42 Å². The van der Waals surface area contributed by atoms with Crippen molar-refractivity contribution in [3.05, 3.63) is 0 Å². The molecule has 0 saturated heterocycles. The van der Waals surface area contributed by atoms with E-state index in [0.29, 0.717) is 0 Å². The van der Waals surface area contributed by atoms with Gasteiger partial charge in [0.15, 0.2) is 0 Å². The van der Waals surface area contributed by atoms with Crippen LogP contribution in [-0.2, 0) is 23.7 Å². The van der Waals surface area contributed by atoms with Crippen LogP contribution >= 0.6 is 7.82 Å². The zero-order valence-corrected chi connectivity index (χ0v) is 9.22. The van der Waals surface area contributed by atoms with Gasteiger partial charge in [-0.25, -0.2) is 14.2 Å². The maximum Gasteiger partial charge on any atom is 0.466 e. The number of carbonyl (C=O) groups is 4. The molecule has 0 rings (SSSR count). The summed E-state index contributed by atoms with van der Waals surface area (Å²) in [5.41, 5.74) is 0. The third-order valence-electron chi connectivity index (χ3n) is 0.485. The lowest BCUT2D eigenvalue weighted by molar-refractivity contribution is -0.159. The summed E-state index contributed by atoms with van der Waals surface area (Å²) in [7, 11) is -4.64. The predicted molar refractivity (Wildman–Crippen MR) is 49.4 cm³/mol. The van der Waals surface area contributed by atoms with Crippen molar-refractivity contribution in [1.82, 2.24) is 0 Å². The number of carboxylic acid groups (broad SMARTS) is 4. The van der Waals surface area contributed by atoms with Crippen molar-refractivity contribution in [2.24, 2.45) is 0 Å². The molecular formula is C5H9O12P. The zero-order valence-electron chi connectivity index (χ0n) is 8.33. The van der Waals surface area contributed by atoms with E-state index in [0.717, 1.165) is 0 Å². The highest BCUT2D eigenvalue weighted by atomic mass is 31.2. The van der Waals surface area contributed by atoms with Crippen LogP contribution in [0.25, 0.3) is 0 Å². The summed E-state index contributed by atoms with van der Waals surface area (Å²) >= 11 is 0. The summed E-state index contributed by atoms with van der Waals surface area (Å²) in [6.07, 6.45) is -0.806. The Kier molecular flexibility index (Phi) is 12.0. The average molecular weight is 292 g/mol. The van der Waals surface area contributed by atoms with Gasteiger partial charge in [-0.05, 0) is 0 Å². The van der Waals surface area contributed by atoms with Crippen molar-refractivity contribution in [3.63, 3.8) is 0 Å². The SMILES string of the molecule is O=C(O)C(=O)O.O=C(O)CC(=O)O.O=P(O)(O)O. The van der Waals surface area contributed by atoms with E-state index in [9.17, 15) is 9.59 Å². The molecule has 7 N–H and O–H groups in total. The molecule has 13 heteroatoms. The van der Waals surface area contributed by atoms with Gasteiger partial charge in [0.05, 0.1) is 0 Å². The molecule has 0 aliphatic rings. The summed E-state index contributed by atoms with van der Waals surface area (Å²) in [4.78, 5) is 58.6. The molecule has 0 bridgehead atoms. The first-order valence-corrected chi connectivity index (χ1v) is 5.02. The Hall–Kier alpha value is -2.01. The van der Waals surface area contributed by atoms with Gasteiger partial charge in [0.2, 0.25) is 0 Å². The highest BCUT2D eigenvalue weighted by Crippen LogP contribution is 2.25. The molecule has 0 amide bonds. The first-order valence-electron chi connectivity index (χ1n) is 3.45. The van der Waals surface area contributed by atoms with Crippen molar-refractivity contribution >= 4 is 31.7 Å². The molecule has 0 spiro atoms. The molecule has 0 aliphatic heterocycles. The molecule has 0 aromatic rings. The van der Waals surface area contributed by atoms with Gasteiger partial charge in [0.25, 0.3) is 0 Å². The number of hydrogen-bond donors (Lipinski definition) is 7. The molecule has 0 atom stereocenters. The molecule has 18 heavy (non-hydrogen) atoms. The third-order valence-corrected chi connectivity index (χ3v) is 0.485. The third kappa shape index (κ3) is 65.8. The fraction of sp³-hybridized carbons (Fsp3) is 0.200. The molecule has 0 aromatic heterocycles. The molecule has 12 nitrogen and oxygen atoms in total. The van der Waals surface area contributed by atoms with Crippen LogP contribution in [0, 0.1) is 0 Å². The molecule has 0 aromatic carbocycles. The Balaban J connectivity index is -0.000000190. The van der Waals surface area contributed by atoms with E-state index in [4.69, 9.17) is 49.3 Å². The standard InChI is InChI=1S/C3H4O4.C2H2O4.H3O4P/c4-2(5)1-3(6)7;3-1(4)2(5)6;1-5(2,3)4/h1H2,(H,4,5)(H,6,7);(H,3,4)(H,5,6);(H3,1,2,3,4). The number of aliphatic carboxylic acids is 4. The Morgan fingerprint density at radius 2 is 0.889 bits per heavy atom. The minimum Gasteiger partial charge on any atom is -0.481 e. The molecular weight excluding hydrogens is 283 g/mol. The van der Waals surface area contributed by atoms with Crippen LogP contribution in [0.4, 0.5) is 0 Å². The lowest BCUT2D eigenvalue weighted by Gasteiger charge is -1.82. The fourth-order valence-corrected chi connectivity index (χ4v) is 0.129. The van der Waals surface area contributed by atoms with Gasteiger partial charge >= 0.3 is 31.7 Å². The number of hydrogen-bond acceptors (Lipinski definition) is 5. The average Bonchev–Trinajstić information content (AvgIpc) is 1.97. The van der Waals surface area contributed by atoms with E-state index in [1.807, 2.05) is 0 Å². The number of rotatable bonds is 2. The summed E-state index contributed by atoms with van der Waals surface area (Å²) in [6, 6.07) is 0. The van der Waals surface area contributed by atoms with Gasteiger partial charge in [-0.1, -0.05) is 0 Å². The van der Waals surface area contributed by atoms with Crippen LogP contribution < -0.4 is 0 Å². The number of phosphoric acid groups is 1. The molecule has 0 saturated carbocycles. The predicted octanol–water partition coefficient (Wildman–Crippen LogP) is -2.23. The second-order valence-electron chi connectivity index (χ2n) is 2.09. The lowest BCUT2D eigenvalue weighted by Crippen LogP contribution is -2.09. The van der Waals surface area contributed by atoms with Gasteiger partial charge in [0, 0.05) is 0 Å². The van der Waals surface area contributed by atoms with Crippen LogP contribution in [0.5, 0.6) is 0 Å². The van der Waals surface area contributed by atoms with Crippen LogP contribution in [0.15, 0.2) is 0 Å². The molecule has 0 unspecified atom stereocenters. The van der Waals surface area contributed by atoms with Crippen LogP contribution in [0.3, 0.4) is 0 Å². The molecule has 0 aliphatic carbocycles. The summed E-state index contributed by atoms with van der Waals surface area (Å²) in [5, 5.41) is 30.2. The highest BCUT2D eigenvalue weighted by Gasteiger charge is 2.04. The van der Waals surface area contributed by atoms with Crippen LogP contribution in [0.2, 0.25) is 0 Å². The van der Waals surface area contributed by atoms with Crippen molar-refractivity contribution in [1.29, 1.82) is 0 Å². The van der Waals surface area contributed by atoms with Gasteiger partial charge < -0.3 is 35.1 Å². The second kappa shape index (κ2) is 10.2. The Labute approximate surface area is 98.0 Å². The van der Waals surface area contributed by atoms with E-state index in [-0.39, 0.29) is 0 Å². The largest absolute Gasteiger partial charge is 0.481 e. The van der Waals surface area contributed by atoms with E-state index < -0.39 is 38.1 Å². The summed E-state index contributed by atoms with van der Waals surface area (Å²) in [5.74, 6) is -6.27. The fourth-order valence-electron chi connectivity index (χ4n) is 0.129. The van der Waals surface area contributed by atoms with E-state index in [2.05, 4.69) is 0 Å². The topological polar surface area (TPSA) is 227 Å². The van der Waals surface area contributed by atoms with E-state index in [1.54, 1.807) is 0 Å². The summed E-state index contributed by atoms with van der Waals surface area (Å²) in [6.45, 7) is 0. The van der Waals surface area contributed by atoms with Crippen molar-refractivity contribution < 1.29 is 58.8 Å². The van der Waals surface area contributed by atoms with Crippen LogP contribution in [-0.4, -0.2) is 59.0 Å². The molecule has 0 radical (unpaired) electrons. The van der Waals surface area contributed by atoms with E-state index >= 15 is 0 Å². The van der Waals surface area contributed by atoms with E-state index in [1.165, 1.54) is 0 Å². The monoisotopic (exact) mass is 292 g/mol. The lowest BCUT2D eigenvalue weighted by atomic mass is 10.5. The molecule has 106 valence electrons. The van der Waals surface area contributed by atoms with Crippen molar-refractivity contribution in [3.8, 4) is 0 Å². The first kappa shape index (κ1) is 21.3. The normalized spacial score (nSPS) is 8.83. The maximum absolute atomic E-state index is 9.43. The first-order chi connectivity index (χ1) is 7.77. The number of carboxylic acids is 4. The van der Waals surface area contributed by atoms with Crippen LogP contribution in [0.1, 0.15) is 6.42 Å². The van der Waals surface area contributed by atoms with Crippen molar-refractivity contribution in [2.45, 2.75) is 6.42 Å². The minimum atomic E-state index is -4.64. The minimum absolute atomic E-state index is 0.806. The smallest absolute Gasteiger partial charge is 0.466 e. The Bertz CT molecular complexity index is 319. The quantitative estimate of drug-likeness (QED) is 0.163. The molecule has 0 fully saturated rings. The second-order valence-corrected chi connectivity index (χ2v) is 3.11. The van der Waals surface area contributed by atoms with Gasteiger partial charge in [-0.15, -0.1) is 0 Å². The zero-order chi connectivity index (χ0) is 15.5. The molecule has 0 heterocycles. The highest BCUT2D eigenvalue weighted by molar-refractivity contribution is 7.45. The Morgan fingerprint density at radius 3 is 0.889 bits per heavy atom. The van der Waals surface area contributed by atoms with Gasteiger partial charge in [-0.2, -0.15) is 0 Å². The Morgan fingerprint density at radius 1 is 0.722 bits per heavy atom. The summed E-state index contributed by atoms with van der Waals surface area (Å²) < 4.78 is 8.88. The van der Waals surface area contributed by atoms with Crippen molar-refractivity contribution in [2.75, 3.05) is 0 Å². The maximum atomic E-state index is 9.43.